The van der Waals surface area contributed by atoms with Gasteiger partial charge in [0.25, 0.3) is 0 Å². The molecule has 1 unspecified atom stereocenters. The van der Waals surface area contributed by atoms with E-state index in [-0.39, 0.29) is 0 Å². The molecule has 1 aromatic heterocycles. The molecule has 0 amide bonds. The lowest BCUT2D eigenvalue weighted by molar-refractivity contribution is 0.203. The molecule has 4 heteroatoms. The minimum absolute atomic E-state index is 0.411. The lowest BCUT2D eigenvalue weighted by Crippen LogP contribution is -1.83. The standard InChI is InChI=1S/C13H15NOS2/c1-9-3-5-11(6-4-9)16-8-13-14-7-12(17-13)10(2)15/h3-7,10,15H,8H2,1-2H3. The maximum absolute atomic E-state index is 9.42. The van der Waals surface area contributed by atoms with E-state index in [9.17, 15) is 5.11 Å². The summed E-state index contributed by atoms with van der Waals surface area (Å²) in [6, 6.07) is 8.49. The van der Waals surface area contributed by atoms with E-state index in [1.807, 2.05) is 0 Å². The second-order valence-electron chi connectivity index (χ2n) is 3.93. The van der Waals surface area contributed by atoms with Crippen molar-refractivity contribution in [1.82, 2.24) is 4.98 Å². The highest BCUT2D eigenvalue weighted by atomic mass is 32.2. The van der Waals surface area contributed by atoms with Gasteiger partial charge in [0, 0.05) is 11.1 Å². The molecule has 0 bridgehead atoms. The molecule has 0 fully saturated rings. The Hall–Kier alpha value is -0.840. The SMILES string of the molecule is Cc1ccc(SCc2ncc(C(C)O)s2)cc1. The number of rotatable bonds is 4. The Balaban J connectivity index is 1.95. The highest BCUT2D eigenvalue weighted by Gasteiger charge is 2.06. The molecular formula is C13H15NOS2. The van der Waals surface area contributed by atoms with E-state index in [0.29, 0.717) is 0 Å². The lowest BCUT2D eigenvalue weighted by Gasteiger charge is -2.00. The number of benzene rings is 1. The summed E-state index contributed by atoms with van der Waals surface area (Å²) >= 11 is 3.35. The predicted octanol–water partition coefficient (Wildman–Crippen LogP) is 3.80. The second-order valence-corrected chi connectivity index (χ2v) is 6.13. The molecule has 0 spiro atoms. The smallest absolute Gasteiger partial charge is 0.103 e. The fourth-order valence-corrected chi connectivity index (χ4v) is 3.12. The van der Waals surface area contributed by atoms with E-state index in [0.717, 1.165) is 15.6 Å². The van der Waals surface area contributed by atoms with Gasteiger partial charge in [-0.25, -0.2) is 4.98 Å². The highest BCUT2D eigenvalue weighted by molar-refractivity contribution is 7.98. The molecule has 0 saturated heterocycles. The highest BCUT2D eigenvalue weighted by Crippen LogP contribution is 2.27. The normalized spacial score (nSPS) is 12.6. The van der Waals surface area contributed by atoms with E-state index in [2.05, 4.69) is 36.2 Å². The van der Waals surface area contributed by atoms with Gasteiger partial charge in [-0.1, -0.05) is 17.7 Å². The van der Waals surface area contributed by atoms with Gasteiger partial charge in [0.1, 0.15) is 5.01 Å². The average Bonchev–Trinajstić information content (AvgIpc) is 2.77. The number of thiazole rings is 1. The zero-order chi connectivity index (χ0) is 12.3. The molecular weight excluding hydrogens is 250 g/mol. The van der Waals surface area contributed by atoms with Gasteiger partial charge in [0.2, 0.25) is 0 Å². The number of hydrogen-bond donors (Lipinski definition) is 1. The van der Waals surface area contributed by atoms with Crippen LogP contribution in [0.25, 0.3) is 0 Å². The molecule has 0 aliphatic heterocycles. The number of aryl methyl sites for hydroxylation is 1. The minimum Gasteiger partial charge on any atom is -0.388 e. The summed E-state index contributed by atoms with van der Waals surface area (Å²) in [4.78, 5) is 6.50. The van der Waals surface area contributed by atoms with Gasteiger partial charge >= 0.3 is 0 Å². The zero-order valence-corrected chi connectivity index (χ0v) is 11.5. The first-order valence-electron chi connectivity index (χ1n) is 5.47. The Morgan fingerprint density at radius 3 is 2.65 bits per heavy atom. The minimum atomic E-state index is -0.411. The van der Waals surface area contributed by atoms with Gasteiger partial charge in [-0.3, -0.25) is 0 Å². The molecule has 1 N–H and O–H groups in total. The van der Waals surface area contributed by atoms with Gasteiger partial charge in [-0.05, 0) is 26.0 Å². The summed E-state index contributed by atoms with van der Waals surface area (Å²) in [5.74, 6) is 0.862. The Bertz CT molecular complexity index is 476. The number of nitrogens with zero attached hydrogens (tertiary/aromatic N) is 1. The average molecular weight is 265 g/mol. The van der Waals surface area contributed by atoms with Crippen LogP contribution in [0, 0.1) is 6.92 Å². The number of aliphatic hydroxyl groups excluding tert-OH is 1. The molecule has 2 aromatic rings. The summed E-state index contributed by atoms with van der Waals surface area (Å²) in [5.41, 5.74) is 1.28. The first kappa shape index (κ1) is 12.6. The molecule has 90 valence electrons. The Kier molecular flexibility index (Phi) is 4.20. The van der Waals surface area contributed by atoms with Crippen LogP contribution in [-0.2, 0) is 5.75 Å². The third-order valence-corrected chi connectivity index (χ3v) is 4.74. The quantitative estimate of drug-likeness (QED) is 0.854. The summed E-state index contributed by atoms with van der Waals surface area (Å²) in [5, 5.41) is 10.5. The molecule has 17 heavy (non-hydrogen) atoms. The molecule has 1 aromatic carbocycles. The van der Waals surface area contributed by atoms with Crippen molar-refractivity contribution in [3.8, 4) is 0 Å². The van der Waals surface area contributed by atoms with Crippen LogP contribution in [0.4, 0.5) is 0 Å². The Morgan fingerprint density at radius 1 is 1.35 bits per heavy atom. The molecule has 0 aliphatic rings. The van der Waals surface area contributed by atoms with Gasteiger partial charge < -0.3 is 5.11 Å². The third kappa shape index (κ3) is 3.56. The van der Waals surface area contributed by atoms with E-state index < -0.39 is 6.10 Å². The van der Waals surface area contributed by atoms with Crippen LogP contribution >= 0.6 is 23.1 Å². The summed E-state index contributed by atoms with van der Waals surface area (Å²) in [7, 11) is 0. The fraction of sp³-hybridized carbons (Fsp3) is 0.308. The van der Waals surface area contributed by atoms with Crippen molar-refractivity contribution in [3.63, 3.8) is 0 Å². The van der Waals surface area contributed by atoms with E-state index in [4.69, 9.17) is 0 Å². The van der Waals surface area contributed by atoms with Crippen LogP contribution in [0.5, 0.6) is 0 Å². The Labute approximate surface area is 110 Å². The van der Waals surface area contributed by atoms with Crippen molar-refractivity contribution < 1.29 is 5.11 Å². The molecule has 0 saturated carbocycles. The predicted molar refractivity (Wildman–Crippen MR) is 73.5 cm³/mol. The lowest BCUT2D eigenvalue weighted by atomic mass is 10.2. The van der Waals surface area contributed by atoms with E-state index >= 15 is 0 Å². The molecule has 0 radical (unpaired) electrons. The van der Waals surface area contributed by atoms with Gasteiger partial charge in [0.15, 0.2) is 0 Å². The van der Waals surface area contributed by atoms with Crippen LogP contribution < -0.4 is 0 Å². The zero-order valence-electron chi connectivity index (χ0n) is 9.88. The number of aliphatic hydroxyl groups is 1. The maximum atomic E-state index is 9.42. The van der Waals surface area contributed by atoms with E-state index in [1.165, 1.54) is 10.5 Å². The summed E-state index contributed by atoms with van der Waals surface area (Å²) in [6.45, 7) is 3.86. The van der Waals surface area contributed by atoms with Crippen LogP contribution in [0.3, 0.4) is 0 Å². The molecule has 1 atom stereocenters. The third-order valence-electron chi connectivity index (χ3n) is 2.37. The van der Waals surface area contributed by atoms with Crippen molar-refractivity contribution in [2.24, 2.45) is 0 Å². The van der Waals surface area contributed by atoms with E-state index in [1.54, 1.807) is 36.2 Å². The van der Waals surface area contributed by atoms with Crippen molar-refractivity contribution >= 4 is 23.1 Å². The first-order chi connectivity index (χ1) is 8.15. The molecule has 0 aliphatic carbocycles. The largest absolute Gasteiger partial charge is 0.388 e. The van der Waals surface area contributed by atoms with Crippen LogP contribution in [0.1, 0.15) is 28.5 Å². The Morgan fingerprint density at radius 2 is 2.06 bits per heavy atom. The summed E-state index contributed by atoms with van der Waals surface area (Å²) in [6.07, 6.45) is 1.35. The molecule has 2 rings (SSSR count). The second kappa shape index (κ2) is 5.67. The van der Waals surface area contributed by atoms with Crippen molar-refractivity contribution in [1.29, 1.82) is 0 Å². The number of aromatic nitrogens is 1. The van der Waals surface area contributed by atoms with Crippen molar-refractivity contribution in [2.45, 2.75) is 30.6 Å². The van der Waals surface area contributed by atoms with Crippen molar-refractivity contribution in [3.05, 3.63) is 45.9 Å². The maximum Gasteiger partial charge on any atom is 0.103 e. The topological polar surface area (TPSA) is 33.1 Å². The van der Waals surface area contributed by atoms with Crippen LogP contribution in [0.15, 0.2) is 35.4 Å². The number of hydrogen-bond acceptors (Lipinski definition) is 4. The molecule has 2 nitrogen and oxygen atoms in total. The monoisotopic (exact) mass is 265 g/mol. The van der Waals surface area contributed by atoms with Gasteiger partial charge in [-0.15, -0.1) is 23.1 Å². The van der Waals surface area contributed by atoms with Gasteiger partial charge in [0.05, 0.1) is 16.7 Å². The summed E-state index contributed by atoms with van der Waals surface area (Å²) < 4.78 is 0. The molecule has 1 heterocycles. The van der Waals surface area contributed by atoms with Crippen molar-refractivity contribution in [2.75, 3.05) is 0 Å². The number of thioether (sulfide) groups is 1. The van der Waals surface area contributed by atoms with Crippen LogP contribution in [-0.4, -0.2) is 10.1 Å². The fourth-order valence-electron chi connectivity index (χ4n) is 1.36. The van der Waals surface area contributed by atoms with Gasteiger partial charge in [-0.2, -0.15) is 0 Å². The van der Waals surface area contributed by atoms with Crippen LogP contribution in [0.2, 0.25) is 0 Å². The first-order valence-corrected chi connectivity index (χ1v) is 7.27.